The normalized spacial score (nSPS) is 15.8. The van der Waals surface area contributed by atoms with Crippen molar-refractivity contribution in [3.8, 4) is 0 Å². The molecule has 0 spiro atoms. The Balaban J connectivity index is 1.52. The van der Waals surface area contributed by atoms with Gasteiger partial charge in [0.15, 0.2) is 5.82 Å². The lowest BCUT2D eigenvalue weighted by atomic mass is 10.1. The van der Waals surface area contributed by atoms with Crippen LogP contribution in [-0.4, -0.2) is 81.1 Å². The van der Waals surface area contributed by atoms with Gasteiger partial charge in [0.2, 0.25) is 11.7 Å². The van der Waals surface area contributed by atoms with Crippen LogP contribution in [0.1, 0.15) is 63.2 Å². The second kappa shape index (κ2) is 13.1. The minimum Gasteiger partial charge on any atom is -0.444 e. The molecule has 0 aliphatic carbocycles. The van der Waals surface area contributed by atoms with Crippen LogP contribution in [-0.2, 0) is 27.2 Å². The summed E-state index contributed by atoms with van der Waals surface area (Å²) in [5.74, 6) is -1.23. The number of hydrogen-bond donors (Lipinski definition) is 1. The highest BCUT2D eigenvalue weighted by atomic mass is 19.3. The molecular formula is C31H38F3N7O5. The fourth-order valence-electron chi connectivity index (χ4n) is 5.57. The van der Waals surface area contributed by atoms with Crippen LogP contribution in [0.4, 0.5) is 29.3 Å². The summed E-state index contributed by atoms with van der Waals surface area (Å²) in [6.07, 6.45) is -0.701. The van der Waals surface area contributed by atoms with E-state index in [9.17, 15) is 27.6 Å². The van der Waals surface area contributed by atoms with Gasteiger partial charge in [-0.1, -0.05) is 13.0 Å². The molecule has 0 atom stereocenters. The number of nitrogens with zero attached hydrogens (tertiary/aromatic N) is 6. The van der Waals surface area contributed by atoms with E-state index in [0.717, 1.165) is 17.7 Å². The smallest absolute Gasteiger partial charge is 0.410 e. The van der Waals surface area contributed by atoms with Gasteiger partial charge in [-0.25, -0.2) is 18.0 Å². The maximum absolute atomic E-state index is 14.4. The molecule has 2 aromatic heterocycles. The molecule has 0 saturated carbocycles. The number of anilines is 2. The Bertz CT molecular complexity index is 1740. The van der Waals surface area contributed by atoms with Gasteiger partial charge in [0.05, 0.1) is 24.5 Å². The van der Waals surface area contributed by atoms with Gasteiger partial charge in [-0.15, -0.1) is 5.10 Å². The van der Waals surface area contributed by atoms with Crippen molar-refractivity contribution in [2.45, 2.75) is 66.0 Å². The van der Waals surface area contributed by atoms with Crippen molar-refractivity contribution in [1.82, 2.24) is 24.1 Å². The molecule has 2 amide bonds. The zero-order chi connectivity index (χ0) is 33.3. The Morgan fingerprint density at radius 2 is 1.87 bits per heavy atom. The van der Waals surface area contributed by atoms with Crippen LogP contribution in [0.15, 0.2) is 23.0 Å². The maximum atomic E-state index is 14.4. The predicted octanol–water partition coefficient (Wildman–Crippen LogP) is 4.34. The molecular weight excluding hydrogens is 607 g/mol. The van der Waals surface area contributed by atoms with Gasteiger partial charge in [-0.05, 0) is 63.8 Å². The van der Waals surface area contributed by atoms with Gasteiger partial charge in [-0.2, -0.15) is 9.50 Å². The third-order valence-corrected chi connectivity index (χ3v) is 7.81. The van der Waals surface area contributed by atoms with Crippen LogP contribution in [0.5, 0.6) is 0 Å². The highest BCUT2D eigenvalue weighted by Gasteiger charge is 2.31. The Morgan fingerprint density at radius 3 is 2.48 bits per heavy atom. The molecule has 1 saturated heterocycles. The average Bonchev–Trinajstić information content (AvgIpc) is 3.46. The number of piperazine rings is 1. The number of rotatable bonds is 7. The monoisotopic (exact) mass is 645 g/mol. The minimum atomic E-state index is -3.00. The van der Waals surface area contributed by atoms with E-state index >= 15 is 0 Å². The number of ether oxygens (including phenoxy) is 2. The number of halogens is 3. The van der Waals surface area contributed by atoms with E-state index < -0.39 is 41.0 Å². The zero-order valence-corrected chi connectivity index (χ0v) is 26.5. The molecule has 3 aromatic rings. The molecule has 0 radical (unpaired) electrons. The first-order valence-electron chi connectivity index (χ1n) is 15.2. The summed E-state index contributed by atoms with van der Waals surface area (Å²) in [6, 6.07) is 1.88. The number of aryl methyl sites for hydroxylation is 1. The standard InChI is InChI=1S/C31H38F3N7O5/c1-6-23-25(38-9-11-39(12-10-38)30(44)46-31(3,4)5)28(43)41-29(36-27(37-41)19-7-13-45-14-8-19)40(23)17-24(42)35-22-16-21(32)20(26(33)34)15-18(22)2/h7,15-16,26H,6,8-14,17H2,1-5H3,(H,35,42). The summed E-state index contributed by atoms with van der Waals surface area (Å²) in [5, 5.41) is 7.16. The minimum absolute atomic E-state index is 0.0509. The Labute approximate surface area is 263 Å². The summed E-state index contributed by atoms with van der Waals surface area (Å²) >= 11 is 0. The van der Waals surface area contributed by atoms with Crippen molar-refractivity contribution in [2.75, 3.05) is 49.6 Å². The molecule has 12 nitrogen and oxygen atoms in total. The Hall–Kier alpha value is -4.40. The van der Waals surface area contributed by atoms with Gasteiger partial charge in [0, 0.05) is 31.9 Å². The molecule has 5 rings (SSSR count). The predicted molar refractivity (Wildman–Crippen MR) is 165 cm³/mol. The third-order valence-electron chi connectivity index (χ3n) is 7.81. The highest BCUT2D eigenvalue weighted by Crippen LogP contribution is 2.28. The van der Waals surface area contributed by atoms with Gasteiger partial charge >= 0.3 is 6.09 Å². The fraction of sp³-hybridized carbons (Fsp3) is 0.516. The topological polar surface area (TPSA) is 123 Å². The number of amides is 2. The molecule has 1 fully saturated rings. The van der Waals surface area contributed by atoms with Crippen molar-refractivity contribution >= 4 is 34.7 Å². The second-order valence-corrected chi connectivity index (χ2v) is 12.2. The maximum Gasteiger partial charge on any atom is 0.410 e. The average molecular weight is 646 g/mol. The number of carbonyl (C=O) groups is 2. The van der Waals surface area contributed by atoms with Crippen molar-refractivity contribution in [3.63, 3.8) is 0 Å². The van der Waals surface area contributed by atoms with Gasteiger partial charge in [-0.3, -0.25) is 9.59 Å². The molecule has 2 aliphatic heterocycles. The molecule has 15 heteroatoms. The number of benzene rings is 1. The first kappa shape index (κ1) is 33.0. The van der Waals surface area contributed by atoms with Crippen LogP contribution in [0.3, 0.4) is 0 Å². The van der Waals surface area contributed by atoms with E-state index in [0.29, 0.717) is 69.4 Å². The number of fused-ring (bicyclic) bond motifs is 1. The zero-order valence-electron chi connectivity index (χ0n) is 26.5. The number of hydrogen-bond acceptors (Lipinski definition) is 8. The van der Waals surface area contributed by atoms with Gasteiger partial charge < -0.3 is 29.2 Å². The van der Waals surface area contributed by atoms with Crippen LogP contribution in [0, 0.1) is 12.7 Å². The highest BCUT2D eigenvalue weighted by molar-refractivity contribution is 5.91. The first-order valence-corrected chi connectivity index (χ1v) is 15.2. The van der Waals surface area contributed by atoms with Crippen LogP contribution < -0.4 is 15.8 Å². The molecule has 0 unspecified atom stereocenters. The van der Waals surface area contributed by atoms with E-state index in [4.69, 9.17) is 9.47 Å². The number of carbonyl (C=O) groups excluding carboxylic acids is 2. The first-order chi connectivity index (χ1) is 21.8. The second-order valence-electron chi connectivity index (χ2n) is 12.2. The third kappa shape index (κ3) is 6.88. The lowest BCUT2D eigenvalue weighted by Crippen LogP contribution is -2.51. The molecule has 0 bridgehead atoms. The lowest BCUT2D eigenvalue weighted by molar-refractivity contribution is -0.116. The van der Waals surface area contributed by atoms with E-state index in [1.165, 1.54) is 11.4 Å². The largest absolute Gasteiger partial charge is 0.444 e. The van der Waals surface area contributed by atoms with Crippen LogP contribution in [0.2, 0.25) is 0 Å². The summed E-state index contributed by atoms with van der Waals surface area (Å²) in [7, 11) is 0. The molecule has 46 heavy (non-hydrogen) atoms. The van der Waals surface area contributed by atoms with Crippen molar-refractivity contribution < 1.29 is 32.2 Å². The summed E-state index contributed by atoms with van der Waals surface area (Å²) in [4.78, 5) is 48.3. The van der Waals surface area contributed by atoms with E-state index in [2.05, 4.69) is 15.4 Å². The lowest BCUT2D eigenvalue weighted by Gasteiger charge is -2.37. The summed E-state index contributed by atoms with van der Waals surface area (Å²) in [6.45, 7) is 10.5. The Kier molecular flexibility index (Phi) is 9.42. The van der Waals surface area contributed by atoms with Crippen LogP contribution >= 0.6 is 0 Å². The number of alkyl halides is 2. The molecule has 1 N–H and O–H groups in total. The van der Waals surface area contributed by atoms with E-state index in [1.54, 1.807) is 30.2 Å². The van der Waals surface area contributed by atoms with Crippen molar-refractivity contribution in [1.29, 1.82) is 0 Å². The van der Waals surface area contributed by atoms with Crippen molar-refractivity contribution in [2.24, 2.45) is 0 Å². The van der Waals surface area contributed by atoms with Crippen molar-refractivity contribution in [3.05, 3.63) is 57.0 Å². The SMILES string of the molecule is CCc1c(N2CCN(C(=O)OC(C)(C)C)CC2)c(=O)n2nc(C3=CCOCC3)nc2n1CC(=O)Nc1cc(F)c(C(F)F)cc1C. The molecule has 4 heterocycles. The molecule has 2 aliphatic rings. The van der Waals surface area contributed by atoms with Gasteiger partial charge in [0.25, 0.3) is 12.0 Å². The summed E-state index contributed by atoms with van der Waals surface area (Å²) in [5.41, 5.74) is 0.161. The molecule has 1 aromatic carbocycles. The van der Waals surface area contributed by atoms with E-state index in [-0.39, 0.29) is 23.6 Å². The summed E-state index contributed by atoms with van der Waals surface area (Å²) < 4.78 is 54.5. The van der Waals surface area contributed by atoms with E-state index in [1.807, 2.05) is 17.9 Å². The fourth-order valence-corrected chi connectivity index (χ4v) is 5.57. The van der Waals surface area contributed by atoms with Crippen LogP contribution in [0.25, 0.3) is 11.4 Å². The number of aromatic nitrogens is 4. The Morgan fingerprint density at radius 1 is 1.15 bits per heavy atom. The number of nitrogens with one attached hydrogen (secondary N) is 1. The molecule has 248 valence electrons. The van der Waals surface area contributed by atoms with Gasteiger partial charge in [0.1, 0.15) is 23.7 Å². The quantitative estimate of drug-likeness (QED) is 0.403.